The van der Waals surface area contributed by atoms with Gasteiger partial charge in [0.25, 0.3) is 5.91 Å². The molecule has 6 heterocycles. The monoisotopic (exact) mass is 570 g/mol. The zero-order valence-corrected chi connectivity index (χ0v) is 23.4. The molecule has 4 aromatic rings. The van der Waals surface area contributed by atoms with Gasteiger partial charge < -0.3 is 19.9 Å². The number of carbonyl (C=O) groups is 1. The van der Waals surface area contributed by atoms with Crippen molar-refractivity contribution in [3.63, 3.8) is 0 Å². The van der Waals surface area contributed by atoms with Crippen molar-refractivity contribution < 1.29 is 17.9 Å². The molecule has 1 saturated heterocycles. The molecule has 11 heteroatoms. The molecule has 3 aliphatic heterocycles. The quantitative estimate of drug-likeness (QED) is 0.384. The molecule has 1 amide bonds. The van der Waals surface area contributed by atoms with Crippen LogP contribution in [0.4, 0.5) is 17.3 Å². The van der Waals surface area contributed by atoms with E-state index in [1.165, 1.54) is 23.7 Å². The van der Waals surface area contributed by atoms with Crippen LogP contribution in [-0.4, -0.2) is 61.3 Å². The summed E-state index contributed by atoms with van der Waals surface area (Å²) in [6.45, 7) is 3.57. The first kappa shape index (κ1) is 25.8. The first-order chi connectivity index (χ1) is 19.9. The van der Waals surface area contributed by atoms with E-state index in [0.717, 1.165) is 55.0 Å². The Labute approximate surface area is 238 Å². The van der Waals surface area contributed by atoms with E-state index in [-0.39, 0.29) is 41.9 Å². The van der Waals surface area contributed by atoms with E-state index in [9.17, 15) is 13.2 Å². The summed E-state index contributed by atoms with van der Waals surface area (Å²) in [6, 6.07) is 12.9. The van der Waals surface area contributed by atoms with Crippen LogP contribution in [0.15, 0.2) is 59.8 Å². The highest BCUT2D eigenvalue weighted by atomic mass is 32.2. The van der Waals surface area contributed by atoms with Gasteiger partial charge in [-0.15, -0.1) is 0 Å². The summed E-state index contributed by atoms with van der Waals surface area (Å²) in [6.07, 6.45) is 6.99. The maximum absolute atomic E-state index is 12.9. The number of nitrogens with zero attached hydrogens (tertiary/aromatic N) is 5. The van der Waals surface area contributed by atoms with Gasteiger partial charge in [0, 0.05) is 36.8 Å². The Morgan fingerprint density at radius 2 is 1.88 bits per heavy atom. The summed E-state index contributed by atoms with van der Waals surface area (Å²) in [7, 11) is -3.50. The van der Waals surface area contributed by atoms with Gasteiger partial charge in [-0.05, 0) is 66.8 Å². The molecule has 1 aromatic carbocycles. The predicted molar refractivity (Wildman–Crippen MR) is 155 cm³/mol. The predicted octanol–water partition coefficient (Wildman–Crippen LogP) is 3.55. The van der Waals surface area contributed by atoms with Crippen LogP contribution in [0.2, 0.25) is 0 Å². The average Bonchev–Trinajstić information content (AvgIpc) is 3.11. The lowest BCUT2D eigenvalue weighted by atomic mass is 10.0. The Balaban J connectivity index is 1.10. The third kappa shape index (κ3) is 5.00. The summed E-state index contributed by atoms with van der Waals surface area (Å²) < 4.78 is 30.6. The minimum atomic E-state index is -3.50. The van der Waals surface area contributed by atoms with E-state index in [0.29, 0.717) is 11.3 Å². The number of nitrogens with one attached hydrogen (secondary N) is 1. The zero-order valence-electron chi connectivity index (χ0n) is 22.5. The molecule has 0 atom stereocenters. The van der Waals surface area contributed by atoms with E-state index in [1.807, 2.05) is 24.4 Å². The number of aromatic nitrogens is 3. The molecule has 3 aromatic heterocycles. The summed E-state index contributed by atoms with van der Waals surface area (Å²) >= 11 is 0. The van der Waals surface area contributed by atoms with Gasteiger partial charge in [-0.1, -0.05) is 6.07 Å². The van der Waals surface area contributed by atoms with Crippen molar-refractivity contribution >= 4 is 44.0 Å². The lowest BCUT2D eigenvalue weighted by Gasteiger charge is -2.35. The molecule has 0 bridgehead atoms. The SMILES string of the molecule is O=C(NCc1cc2nc(N3CCCc4cc(N5CCC5)cnc43)ccc2cn1)c1ccc2c(c1)S(=O)(=O)CCOC2. The molecule has 210 valence electrons. The fraction of sp³-hybridized carbons (Fsp3) is 0.333. The lowest BCUT2D eigenvalue weighted by Crippen LogP contribution is -2.37. The summed E-state index contributed by atoms with van der Waals surface area (Å²) in [5.74, 6) is 1.33. The van der Waals surface area contributed by atoms with Crippen molar-refractivity contribution in [3.05, 3.63) is 77.2 Å². The molecule has 0 radical (unpaired) electrons. The van der Waals surface area contributed by atoms with Crippen molar-refractivity contribution in [1.29, 1.82) is 0 Å². The number of ether oxygens (including phenoxy) is 1. The Bertz CT molecular complexity index is 1770. The van der Waals surface area contributed by atoms with E-state index in [1.54, 1.807) is 18.3 Å². The molecule has 0 spiro atoms. The third-order valence-corrected chi connectivity index (χ3v) is 9.73. The van der Waals surface area contributed by atoms with Crippen molar-refractivity contribution in [2.75, 3.05) is 41.8 Å². The number of rotatable bonds is 5. The lowest BCUT2D eigenvalue weighted by molar-refractivity contribution is 0.0950. The van der Waals surface area contributed by atoms with E-state index in [4.69, 9.17) is 14.7 Å². The highest BCUT2D eigenvalue weighted by Gasteiger charge is 2.25. The third-order valence-electron chi connectivity index (χ3n) is 7.97. The van der Waals surface area contributed by atoms with Gasteiger partial charge in [0.1, 0.15) is 11.6 Å². The van der Waals surface area contributed by atoms with Gasteiger partial charge in [0.15, 0.2) is 9.84 Å². The van der Waals surface area contributed by atoms with Crippen LogP contribution >= 0.6 is 0 Å². The normalized spacial score (nSPS) is 17.8. The number of sulfone groups is 1. The topological polar surface area (TPSA) is 118 Å². The first-order valence-corrected chi connectivity index (χ1v) is 15.6. The van der Waals surface area contributed by atoms with Crippen LogP contribution < -0.4 is 15.1 Å². The molecule has 0 saturated carbocycles. The molecule has 1 N–H and O–H groups in total. The van der Waals surface area contributed by atoms with Gasteiger partial charge in [0.2, 0.25) is 0 Å². The molecule has 10 nitrogen and oxygen atoms in total. The van der Waals surface area contributed by atoms with Crippen LogP contribution in [-0.2, 0) is 34.1 Å². The maximum Gasteiger partial charge on any atom is 0.251 e. The van der Waals surface area contributed by atoms with Gasteiger partial charge in [0.05, 0.1) is 53.5 Å². The second kappa shape index (κ2) is 10.4. The first-order valence-electron chi connectivity index (χ1n) is 13.9. The second-order valence-electron chi connectivity index (χ2n) is 10.7. The van der Waals surface area contributed by atoms with E-state index in [2.05, 4.69) is 26.2 Å². The molecule has 1 fully saturated rings. The molecule has 41 heavy (non-hydrogen) atoms. The van der Waals surface area contributed by atoms with Crippen molar-refractivity contribution in [1.82, 2.24) is 20.3 Å². The largest absolute Gasteiger partial charge is 0.376 e. The number of anilines is 3. The number of fused-ring (bicyclic) bond motifs is 3. The highest BCUT2D eigenvalue weighted by Crippen LogP contribution is 2.34. The van der Waals surface area contributed by atoms with Crippen LogP contribution in [0.25, 0.3) is 10.9 Å². The Morgan fingerprint density at radius 1 is 0.976 bits per heavy atom. The number of hydrogen-bond acceptors (Lipinski definition) is 9. The van der Waals surface area contributed by atoms with Crippen LogP contribution in [0, 0.1) is 0 Å². The van der Waals surface area contributed by atoms with Crippen LogP contribution in [0.3, 0.4) is 0 Å². The number of pyridine rings is 3. The average molecular weight is 571 g/mol. The van der Waals surface area contributed by atoms with Gasteiger partial charge in [-0.2, -0.15) is 0 Å². The fourth-order valence-corrected chi connectivity index (χ4v) is 6.94. The van der Waals surface area contributed by atoms with Crippen molar-refractivity contribution in [3.8, 4) is 0 Å². The number of hydrogen-bond donors (Lipinski definition) is 1. The minimum Gasteiger partial charge on any atom is -0.376 e. The summed E-state index contributed by atoms with van der Waals surface area (Å²) in [5.41, 5.74) is 4.73. The fourth-order valence-electron chi connectivity index (χ4n) is 5.55. The van der Waals surface area contributed by atoms with Crippen molar-refractivity contribution in [2.24, 2.45) is 0 Å². The Morgan fingerprint density at radius 3 is 2.73 bits per heavy atom. The van der Waals surface area contributed by atoms with Gasteiger partial charge in [-0.3, -0.25) is 9.78 Å². The molecular weight excluding hydrogens is 540 g/mol. The van der Waals surface area contributed by atoms with Crippen molar-refractivity contribution in [2.45, 2.75) is 37.3 Å². The number of carbonyl (C=O) groups excluding carboxylic acids is 1. The molecular formula is C30H30N6O4S. The molecule has 7 rings (SSSR count). The van der Waals surface area contributed by atoms with Gasteiger partial charge in [-0.25, -0.2) is 18.4 Å². The summed E-state index contributed by atoms with van der Waals surface area (Å²) in [5, 5.41) is 3.77. The van der Waals surface area contributed by atoms with E-state index >= 15 is 0 Å². The number of amides is 1. The molecule has 3 aliphatic rings. The Kier molecular flexibility index (Phi) is 6.55. The molecule has 0 unspecified atom stereocenters. The van der Waals surface area contributed by atoms with Gasteiger partial charge >= 0.3 is 0 Å². The standard InChI is InChI=1S/C30H30N6O4S/c37-30(21-4-5-23-19-40-11-12-41(38,39)27(23)14-21)33-17-24-15-26-22(16-31-24)6-7-28(34-26)36-10-1-3-20-13-25(18-32-29(20)36)35-8-2-9-35/h4-7,13-16,18H,1-3,8-12,17,19H2,(H,33,37). The molecule has 0 aliphatic carbocycles. The van der Waals surface area contributed by atoms with E-state index < -0.39 is 9.84 Å². The Hall–Kier alpha value is -4.09. The van der Waals surface area contributed by atoms with Crippen LogP contribution in [0.5, 0.6) is 0 Å². The smallest absolute Gasteiger partial charge is 0.251 e. The maximum atomic E-state index is 12.9. The highest BCUT2D eigenvalue weighted by molar-refractivity contribution is 7.91. The minimum absolute atomic E-state index is 0.0974. The zero-order chi connectivity index (χ0) is 28.0. The number of benzene rings is 1. The summed E-state index contributed by atoms with van der Waals surface area (Å²) in [4.78, 5) is 31.9. The van der Waals surface area contributed by atoms with Crippen LogP contribution in [0.1, 0.15) is 40.0 Å². The second-order valence-corrected chi connectivity index (χ2v) is 12.8. The number of aryl methyl sites for hydroxylation is 1.